The normalized spacial score (nSPS) is 16.6. The minimum absolute atomic E-state index is 0.0195. The second kappa shape index (κ2) is 5.82. The summed E-state index contributed by atoms with van der Waals surface area (Å²) in [5, 5.41) is 0. The number of para-hydroxylation sites is 1. The minimum Gasteiger partial charge on any atom is -0.490 e. The van der Waals surface area contributed by atoms with Gasteiger partial charge in [-0.3, -0.25) is 0 Å². The van der Waals surface area contributed by atoms with Crippen molar-refractivity contribution in [2.24, 2.45) is 0 Å². The van der Waals surface area contributed by atoms with Crippen molar-refractivity contribution in [1.29, 1.82) is 0 Å². The van der Waals surface area contributed by atoms with Gasteiger partial charge in [-0.1, -0.05) is 12.1 Å². The molecule has 4 nitrogen and oxygen atoms in total. The summed E-state index contributed by atoms with van der Waals surface area (Å²) < 4.78 is 33.2. The molecule has 1 aromatic rings. The van der Waals surface area contributed by atoms with E-state index < -0.39 is 9.05 Å². The van der Waals surface area contributed by atoms with Crippen LogP contribution in [-0.4, -0.2) is 26.4 Å². The summed E-state index contributed by atoms with van der Waals surface area (Å²) in [4.78, 5) is 0. The van der Waals surface area contributed by atoms with Crippen LogP contribution in [0.25, 0.3) is 0 Å². The van der Waals surface area contributed by atoms with E-state index >= 15 is 0 Å². The standard InChI is InChI=1S/C14H19ClO4S/c1-14(2)10-11-6-5-7-12(13(11)19-14)18-8-3-4-9-20(15,16)17/h5-7H,3-4,8-10H2,1-2H3. The first kappa shape index (κ1) is 15.4. The van der Waals surface area contributed by atoms with Crippen molar-refractivity contribution in [3.63, 3.8) is 0 Å². The maximum Gasteiger partial charge on any atom is 0.232 e. The maximum atomic E-state index is 10.8. The van der Waals surface area contributed by atoms with Crippen molar-refractivity contribution < 1.29 is 17.9 Å². The number of ether oxygens (including phenoxy) is 2. The van der Waals surface area contributed by atoms with E-state index in [-0.39, 0.29) is 11.4 Å². The Morgan fingerprint density at radius 3 is 2.80 bits per heavy atom. The first-order chi connectivity index (χ1) is 9.27. The first-order valence-electron chi connectivity index (χ1n) is 6.63. The number of unbranched alkanes of at least 4 members (excludes halogenated alkanes) is 1. The predicted molar refractivity (Wildman–Crippen MR) is 79.2 cm³/mol. The molecule has 0 saturated heterocycles. The molecule has 0 aliphatic carbocycles. The van der Waals surface area contributed by atoms with Crippen molar-refractivity contribution in [2.75, 3.05) is 12.4 Å². The molecule has 20 heavy (non-hydrogen) atoms. The molecular weight excluding hydrogens is 300 g/mol. The third-order valence-electron chi connectivity index (χ3n) is 3.10. The van der Waals surface area contributed by atoms with Crippen molar-refractivity contribution >= 4 is 19.7 Å². The molecule has 6 heteroatoms. The fraction of sp³-hybridized carbons (Fsp3) is 0.571. The Morgan fingerprint density at radius 2 is 2.10 bits per heavy atom. The number of fused-ring (bicyclic) bond motifs is 1. The molecule has 112 valence electrons. The lowest BCUT2D eigenvalue weighted by Gasteiger charge is -2.18. The van der Waals surface area contributed by atoms with Gasteiger partial charge in [0, 0.05) is 22.7 Å². The van der Waals surface area contributed by atoms with E-state index in [4.69, 9.17) is 20.2 Å². The summed E-state index contributed by atoms with van der Waals surface area (Å²) in [7, 11) is 1.75. The lowest BCUT2D eigenvalue weighted by Crippen LogP contribution is -2.24. The van der Waals surface area contributed by atoms with E-state index in [9.17, 15) is 8.42 Å². The van der Waals surface area contributed by atoms with Crippen LogP contribution in [0.3, 0.4) is 0 Å². The molecule has 0 amide bonds. The number of hydrogen-bond donors (Lipinski definition) is 0. The van der Waals surface area contributed by atoms with Gasteiger partial charge in [0.1, 0.15) is 5.60 Å². The van der Waals surface area contributed by atoms with E-state index in [1.165, 1.54) is 0 Å². The maximum absolute atomic E-state index is 10.8. The van der Waals surface area contributed by atoms with Crippen LogP contribution in [0.5, 0.6) is 11.5 Å². The zero-order valence-corrected chi connectivity index (χ0v) is 13.3. The summed E-state index contributed by atoms with van der Waals surface area (Å²) in [6.07, 6.45) is 2.00. The van der Waals surface area contributed by atoms with Crippen LogP contribution in [0.1, 0.15) is 32.3 Å². The van der Waals surface area contributed by atoms with E-state index in [1.807, 2.05) is 32.0 Å². The van der Waals surface area contributed by atoms with Gasteiger partial charge in [-0.25, -0.2) is 8.42 Å². The summed E-state index contributed by atoms with van der Waals surface area (Å²) in [6.45, 7) is 4.54. The molecule has 1 aromatic carbocycles. The number of hydrogen-bond acceptors (Lipinski definition) is 4. The molecule has 0 unspecified atom stereocenters. The monoisotopic (exact) mass is 318 g/mol. The van der Waals surface area contributed by atoms with Crippen molar-refractivity contribution in [1.82, 2.24) is 0 Å². The van der Waals surface area contributed by atoms with Gasteiger partial charge in [0.15, 0.2) is 11.5 Å². The summed E-state index contributed by atoms with van der Waals surface area (Å²) >= 11 is 0. The van der Waals surface area contributed by atoms with Crippen molar-refractivity contribution in [2.45, 2.75) is 38.7 Å². The fourth-order valence-corrected chi connectivity index (χ4v) is 3.14. The highest BCUT2D eigenvalue weighted by Gasteiger charge is 2.32. The van der Waals surface area contributed by atoms with Gasteiger partial charge in [0.2, 0.25) is 9.05 Å². The van der Waals surface area contributed by atoms with Gasteiger partial charge < -0.3 is 9.47 Å². The molecule has 1 aliphatic heterocycles. The van der Waals surface area contributed by atoms with Crippen LogP contribution >= 0.6 is 10.7 Å². The SMILES string of the molecule is CC1(C)Cc2cccc(OCCCCS(=O)(=O)Cl)c2O1. The highest BCUT2D eigenvalue weighted by molar-refractivity contribution is 8.13. The molecule has 0 radical (unpaired) electrons. The van der Waals surface area contributed by atoms with Gasteiger partial charge in [-0.15, -0.1) is 0 Å². The van der Waals surface area contributed by atoms with Crippen LogP contribution < -0.4 is 9.47 Å². The van der Waals surface area contributed by atoms with E-state index in [0.29, 0.717) is 19.4 Å². The van der Waals surface area contributed by atoms with Gasteiger partial charge >= 0.3 is 0 Å². The smallest absolute Gasteiger partial charge is 0.232 e. The zero-order valence-electron chi connectivity index (χ0n) is 11.7. The first-order valence-corrected chi connectivity index (χ1v) is 9.11. The third kappa shape index (κ3) is 4.28. The highest BCUT2D eigenvalue weighted by atomic mass is 35.7. The predicted octanol–water partition coefficient (Wildman–Crippen LogP) is 3.13. The Labute approximate surface area is 124 Å². The number of benzene rings is 1. The molecule has 0 bridgehead atoms. The van der Waals surface area contributed by atoms with E-state index in [2.05, 4.69) is 0 Å². The second-order valence-corrected chi connectivity index (χ2v) is 8.48. The van der Waals surface area contributed by atoms with Crippen molar-refractivity contribution in [3.8, 4) is 11.5 Å². The van der Waals surface area contributed by atoms with Crippen LogP contribution in [-0.2, 0) is 15.5 Å². The molecule has 0 spiro atoms. The summed E-state index contributed by atoms with van der Waals surface area (Å²) in [6, 6.07) is 5.86. The second-order valence-electron chi connectivity index (χ2n) is 5.58. The molecular formula is C14H19ClO4S. The quantitative estimate of drug-likeness (QED) is 0.597. The molecule has 0 aromatic heterocycles. The Morgan fingerprint density at radius 1 is 1.35 bits per heavy atom. The minimum atomic E-state index is -3.40. The number of rotatable bonds is 6. The average Bonchev–Trinajstić information content (AvgIpc) is 2.62. The lowest BCUT2D eigenvalue weighted by molar-refractivity contribution is 0.132. The number of halogens is 1. The molecule has 1 heterocycles. The summed E-state index contributed by atoms with van der Waals surface area (Å²) in [5.41, 5.74) is 0.949. The summed E-state index contributed by atoms with van der Waals surface area (Å²) in [5.74, 6) is 1.51. The Bertz CT molecular complexity index is 581. The van der Waals surface area contributed by atoms with Crippen LogP contribution in [0.2, 0.25) is 0 Å². The Balaban J connectivity index is 1.88. The molecule has 0 N–H and O–H groups in total. The molecule has 0 fully saturated rings. The topological polar surface area (TPSA) is 52.6 Å². The largest absolute Gasteiger partial charge is 0.490 e. The van der Waals surface area contributed by atoms with Crippen LogP contribution in [0.4, 0.5) is 0 Å². The molecule has 2 rings (SSSR count). The lowest BCUT2D eigenvalue weighted by atomic mass is 10.0. The van der Waals surface area contributed by atoms with Crippen molar-refractivity contribution in [3.05, 3.63) is 23.8 Å². The highest BCUT2D eigenvalue weighted by Crippen LogP contribution is 2.41. The molecule has 0 saturated carbocycles. The Hall–Kier alpha value is -0.940. The zero-order chi connectivity index (χ0) is 14.8. The fourth-order valence-electron chi connectivity index (χ4n) is 2.26. The van der Waals surface area contributed by atoms with Crippen LogP contribution in [0.15, 0.2) is 18.2 Å². The Kier molecular flexibility index (Phi) is 4.49. The van der Waals surface area contributed by atoms with E-state index in [1.54, 1.807) is 0 Å². The average molecular weight is 319 g/mol. The third-order valence-corrected chi connectivity index (χ3v) is 4.33. The van der Waals surface area contributed by atoms with Gasteiger partial charge in [0.25, 0.3) is 0 Å². The van der Waals surface area contributed by atoms with Gasteiger partial charge in [0.05, 0.1) is 12.4 Å². The van der Waals surface area contributed by atoms with Crippen LogP contribution in [0, 0.1) is 0 Å². The van der Waals surface area contributed by atoms with E-state index in [0.717, 1.165) is 23.5 Å². The van der Waals surface area contributed by atoms with Gasteiger partial charge in [-0.2, -0.15) is 0 Å². The molecule has 0 atom stereocenters. The van der Waals surface area contributed by atoms with Gasteiger partial charge in [-0.05, 0) is 32.8 Å². The molecule has 1 aliphatic rings.